The number of rotatable bonds is 5. The lowest BCUT2D eigenvalue weighted by atomic mass is 10.2. The number of hydrogen-bond acceptors (Lipinski definition) is 5. The number of amides is 1. The monoisotopic (exact) mass is 291 g/mol. The Morgan fingerprint density at radius 1 is 1.40 bits per heavy atom. The molecule has 0 spiro atoms. The first-order chi connectivity index (χ1) is 9.49. The summed E-state index contributed by atoms with van der Waals surface area (Å²) in [7, 11) is 1.75. The summed E-state index contributed by atoms with van der Waals surface area (Å²) in [5, 5.41) is 11.5. The van der Waals surface area contributed by atoms with Crippen molar-refractivity contribution in [3.63, 3.8) is 0 Å². The van der Waals surface area contributed by atoms with E-state index in [0.717, 1.165) is 16.9 Å². The largest absolute Gasteiger partial charge is 0.365 e. The number of anilines is 1. The number of primary amides is 1. The molecule has 0 atom stereocenters. The molecule has 0 radical (unpaired) electrons. The van der Waals surface area contributed by atoms with E-state index >= 15 is 0 Å². The van der Waals surface area contributed by atoms with E-state index in [9.17, 15) is 14.9 Å². The number of carbonyl (C=O) groups is 1. The number of thiophene rings is 1. The first kappa shape index (κ1) is 14.0. The highest BCUT2D eigenvalue weighted by atomic mass is 32.1. The summed E-state index contributed by atoms with van der Waals surface area (Å²) in [6.45, 7) is 0.514. The third kappa shape index (κ3) is 2.94. The van der Waals surface area contributed by atoms with Crippen molar-refractivity contribution in [3.8, 4) is 0 Å². The average molecular weight is 291 g/mol. The van der Waals surface area contributed by atoms with Crippen LogP contribution < -0.4 is 10.6 Å². The van der Waals surface area contributed by atoms with Crippen molar-refractivity contribution in [1.29, 1.82) is 0 Å². The summed E-state index contributed by atoms with van der Waals surface area (Å²) in [5.74, 6) is -0.655. The Morgan fingerprint density at radius 2 is 2.05 bits per heavy atom. The Hall–Kier alpha value is -2.41. The third-order valence-electron chi connectivity index (χ3n) is 2.74. The highest BCUT2D eigenvalue weighted by Gasteiger charge is 2.24. The molecule has 0 bridgehead atoms. The molecule has 7 heteroatoms. The standard InChI is InChI=1S/C13H13N3O3S/c1-15(8-9-5-3-2-4-6-9)13-10(16(18)19)7-11(20-13)12(14)17/h2-7H,8H2,1H3,(H2,14,17). The lowest BCUT2D eigenvalue weighted by Gasteiger charge is -2.16. The van der Waals surface area contributed by atoms with E-state index in [-0.39, 0.29) is 10.6 Å². The van der Waals surface area contributed by atoms with Crippen molar-refractivity contribution in [2.45, 2.75) is 6.54 Å². The summed E-state index contributed by atoms with van der Waals surface area (Å²) >= 11 is 1.03. The van der Waals surface area contributed by atoms with Gasteiger partial charge < -0.3 is 10.6 Å². The molecule has 2 rings (SSSR count). The molecule has 0 aliphatic carbocycles. The fourth-order valence-corrected chi connectivity index (χ4v) is 2.76. The number of carbonyl (C=O) groups excluding carboxylic acids is 1. The molecule has 1 amide bonds. The van der Waals surface area contributed by atoms with Gasteiger partial charge in [0.25, 0.3) is 5.91 Å². The number of benzene rings is 1. The second kappa shape index (κ2) is 5.70. The molecule has 2 N–H and O–H groups in total. The van der Waals surface area contributed by atoms with E-state index in [1.807, 2.05) is 30.3 Å². The minimum absolute atomic E-state index is 0.0952. The molecule has 0 unspecified atom stereocenters. The van der Waals surface area contributed by atoms with Crippen LogP contribution in [-0.4, -0.2) is 17.9 Å². The minimum Gasteiger partial charge on any atom is -0.365 e. The summed E-state index contributed by atoms with van der Waals surface area (Å²) in [5.41, 5.74) is 6.11. The maximum atomic E-state index is 11.2. The van der Waals surface area contributed by atoms with Gasteiger partial charge in [-0.15, -0.1) is 11.3 Å². The molecule has 0 saturated carbocycles. The molecule has 0 fully saturated rings. The van der Waals surface area contributed by atoms with Crippen LogP contribution in [0.15, 0.2) is 36.4 Å². The number of hydrogen-bond donors (Lipinski definition) is 1. The van der Waals surface area contributed by atoms with Crippen LogP contribution in [0.1, 0.15) is 15.2 Å². The van der Waals surface area contributed by atoms with Crippen LogP contribution in [0.25, 0.3) is 0 Å². The van der Waals surface area contributed by atoms with Crippen molar-refractivity contribution in [1.82, 2.24) is 0 Å². The third-order valence-corrected chi connectivity index (χ3v) is 4.00. The number of nitrogens with zero attached hydrogens (tertiary/aromatic N) is 2. The molecule has 0 aliphatic heterocycles. The molecule has 20 heavy (non-hydrogen) atoms. The lowest BCUT2D eigenvalue weighted by molar-refractivity contribution is -0.383. The molecule has 6 nitrogen and oxygen atoms in total. The quantitative estimate of drug-likeness (QED) is 0.676. The minimum atomic E-state index is -0.655. The van der Waals surface area contributed by atoms with Crippen LogP contribution >= 0.6 is 11.3 Å². The molecule has 2 aromatic rings. The number of nitro groups is 1. The topological polar surface area (TPSA) is 89.5 Å². The zero-order valence-electron chi connectivity index (χ0n) is 10.8. The van der Waals surface area contributed by atoms with Crippen LogP contribution in [-0.2, 0) is 6.54 Å². The van der Waals surface area contributed by atoms with E-state index in [4.69, 9.17) is 5.73 Å². The van der Waals surface area contributed by atoms with Crippen molar-refractivity contribution in [3.05, 3.63) is 57.0 Å². The van der Waals surface area contributed by atoms with Gasteiger partial charge in [-0.05, 0) is 5.56 Å². The van der Waals surface area contributed by atoms with Gasteiger partial charge in [0.2, 0.25) is 0 Å². The molecule has 1 aromatic carbocycles. The Kier molecular flexibility index (Phi) is 3.99. The van der Waals surface area contributed by atoms with Crippen LogP contribution in [0.4, 0.5) is 10.7 Å². The number of nitrogens with two attached hydrogens (primary N) is 1. The first-order valence-electron chi connectivity index (χ1n) is 5.82. The summed E-state index contributed by atoms with van der Waals surface area (Å²) < 4.78 is 0. The molecule has 0 aliphatic rings. The van der Waals surface area contributed by atoms with E-state index < -0.39 is 10.8 Å². The first-order valence-corrected chi connectivity index (χ1v) is 6.63. The molecule has 104 valence electrons. The maximum Gasteiger partial charge on any atom is 0.304 e. The van der Waals surface area contributed by atoms with E-state index in [2.05, 4.69) is 0 Å². The molecule has 1 aromatic heterocycles. The second-order valence-electron chi connectivity index (χ2n) is 4.26. The average Bonchev–Trinajstić information content (AvgIpc) is 2.85. The van der Waals surface area contributed by atoms with Crippen molar-refractivity contribution < 1.29 is 9.72 Å². The van der Waals surface area contributed by atoms with E-state index in [0.29, 0.717) is 11.5 Å². The molecule has 1 heterocycles. The van der Waals surface area contributed by atoms with Crippen molar-refractivity contribution in [2.75, 3.05) is 11.9 Å². The van der Waals surface area contributed by atoms with Gasteiger partial charge in [-0.3, -0.25) is 14.9 Å². The zero-order chi connectivity index (χ0) is 14.7. The van der Waals surface area contributed by atoms with Crippen LogP contribution in [0.2, 0.25) is 0 Å². The maximum absolute atomic E-state index is 11.2. The lowest BCUT2D eigenvalue weighted by Crippen LogP contribution is -2.16. The van der Waals surface area contributed by atoms with Crippen LogP contribution in [0, 0.1) is 10.1 Å². The van der Waals surface area contributed by atoms with Gasteiger partial charge in [-0.25, -0.2) is 0 Å². The highest BCUT2D eigenvalue weighted by molar-refractivity contribution is 7.18. The summed E-state index contributed by atoms with van der Waals surface area (Å²) in [6.07, 6.45) is 0. The zero-order valence-corrected chi connectivity index (χ0v) is 11.6. The fourth-order valence-electron chi connectivity index (χ4n) is 1.83. The second-order valence-corrected chi connectivity index (χ2v) is 5.29. The normalized spacial score (nSPS) is 10.2. The molecular formula is C13H13N3O3S. The Morgan fingerprint density at radius 3 is 2.60 bits per heavy atom. The molecular weight excluding hydrogens is 278 g/mol. The van der Waals surface area contributed by atoms with Crippen molar-refractivity contribution >= 4 is 27.9 Å². The van der Waals surface area contributed by atoms with Gasteiger partial charge in [-0.2, -0.15) is 0 Å². The Bertz CT molecular complexity index is 640. The van der Waals surface area contributed by atoms with Crippen LogP contribution in [0.3, 0.4) is 0 Å². The van der Waals surface area contributed by atoms with Crippen LogP contribution in [0.5, 0.6) is 0 Å². The Labute approximate surface area is 119 Å². The Balaban J connectivity index is 2.31. The van der Waals surface area contributed by atoms with Gasteiger partial charge in [0.05, 0.1) is 4.92 Å². The van der Waals surface area contributed by atoms with Crippen molar-refractivity contribution in [2.24, 2.45) is 5.73 Å². The van der Waals surface area contributed by atoms with Gasteiger partial charge in [0.1, 0.15) is 4.88 Å². The predicted molar refractivity (Wildman–Crippen MR) is 78.0 cm³/mol. The molecule has 0 saturated heterocycles. The summed E-state index contributed by atoms with van der Waals surface area (Å²) in [6, 6.07) is 10.8. The smallest absolute Gasteiger partial charge is 0.304 e. The highest BCUT2D eigenvalue weighted by Crippen LogP contribution is 2.37. The van der Waals surface area contributed by atoms with Gasteiger partial charge in [0.15, 0.2) is 5.00 Å². The van der Waals surface area contributed by atoms with Gasteiger partial charge in [-0.1, -0.05) is 30.3 Å². The van der Waals surface area contributed by atoms with E-state index in [1.165, 1.54) is 6.07 Å². The van der Waals surface area contributed by atoms with E-state index in [1.54, 1.807) is 11.9 Å². The summed E-state index contributed by atoms with van der Waals surface area (Å²) in [4.78, 5) is 23.6. The van der Waals surface area contributed by atoms with Gasteiger partial charge in [0, 0.05) is 19.7 Å². The van der Waals surface area contributed by atoms with Gasteiger partial charge >= 0.3 is 5.69 Å². The predicted octanol–water partition coefficient (Wildman–Crippen LogP) is 2.39. The fraction of sp³-hybridized carbons (Fsp3) is 0.154. The SMILES string of the molecule is CN(Cc1ccccc1)c1sc(C(N)=O)cc1[N+](=O)[O-].